The van der Waals surface area contributed by atoms with Crippen LogP contribution in [0, 0.1) is 0 Å². The van der Waals surface area contributed by atoms with Crippen molar-refractivity contribution in [3.8, 4) is 0 Å². The number of aliphatic hydroxyl groups excluding tert-OH is 2. The number of hydrogen-bond donors (Lipinski definition) is 3. The summed E-state index contributed by atoms with van der Waals surface area (Å²) in [5.74, 6) is 0. The van der Waals surface area contributed by atoms with Crippen LogP contribution in [0.5, 0.6) is 0 Å². The fourth-order valence-electron chi connectivity index (χ4n) is 2.94. The molecule has 0 aliphatic rings. The molecule has 0 saturated heterocycles. The highest BCUT2D eigenvalue weighted by Gasteiger charge is 2.27. The Kier molecular flexibility index (Phi) is 8.48. The maximum atomic E-state index is 9.28. The lowest BCUT2D eigenvalue weighted by molar-refractivity contribution is 0.114. The second-order valence-electron chi connectivity index (χ2n) is 7.57. The van der Waals surface area contributed by atoms with Crippen molar-refractivity contribution in [3.05, 3.63) is 29.8 Å². The lowest BCUT2D eigenvalue weighted by Gasteiger charge is -2.28. The van der Waals surface area contributed by atoms with Gasteiger partial charge in [-0.1, -0.05) is 74.8 Å². The summed E-state index contributed by atoms with van der Waals surface area (Å²) in [7, 11) is -1.48. The SMILES string of the molecule is CCCCCc1ccc([Si](C)(C)CCCC(N)(CO)CO)cc1. The first-order chi connectivity index (χ1) is 10.9. The van der Waals surface area contributed by atoms with E-state index >= 15 is 0 Å². The van der Waals surface area contributed by atoms with Crippen LogP contribution in [0.15, 0.2) is 24.3 Å². The zero-order chi connectivity index (χ0) is 17.3. The minimum atomic E-state index is -1.48. The van der Waals surface area contributed by atoms with Crippen molar-refractivity contribution >= 4 is 13.3 Å². The summed E-state index contributed by atoms with van der Waals surface area (Å²) in [6, 6.07) is 10.3. The Morgan fingerprint density at radius 2 is 1.61 bits per heavy atom. The van der Waals surface area contributed by atoms with E-state index in [1.165, 1.54) is 36.4 Å². The van der Waals surface area contributed by atoms with Gasteiger partial charge in [-0.3, -0.25) is 0 Å². The quantitative estimate of drug-likeness (QED) is 0.430. The molecule has 0 amide bonds. The summed E-state index contributed by atoms with van der Waals surface area (Å²) < 4.78 is 0. The molecule has 4 heteroatoms. The van der Waals surface area contributed by atoms with E-state index in [-0.39, 0.29) is 13.2 Å². The van der Waals surface area contributed by atoms with Crippen molar-refractivity contribution in [2.45, 2.75) is 70.1 Å². The molecule has 4 N–H and O–H groups in total. The second kappa shape index (κ2) is 9.57. The summed E-state index contributed by atoms with van der Waals surface area (Å²) in [5.41, 5.74) is 6.57. The van der Waals surface area contributed by atoms with Crippen LogP contribution in [0.25, 0.3) is 0 Å². The molecule has 0 bridgehead atoms. The lowest BCUT2D eigenvalue weighted by Crippen LogP contribution is -2.48. The Hall–Kier alpha value is -0.683. The number of aryl methyl sites for hydroxylation is 1. The van der Waals surface area contributed by atoms with E-state index in [2.05, 4.69) is 44.3 Å². The van der Waals surface area contributed by atoms with E-state index in [4.69, 9.17) is 5.73 Å². The van der Waals surface area contributed by atoms with Gasteiger partial charge < -0.3 is 15.9 Å². The van der Waals surface area contributed by atoms with Gasteiger partial charge in [-0.15, -0.1) is 0 Å². The highest BCUT2D eigenvalue weighted by Crippen LogP contribution is 2.19. The minimum Gasteiger partial charge on any atom is -0.394 e. The van der Waals surface area contributed by atoms with Gasteiger partial charge in [0.15, 0.2) is 0 Å². The third kappa shape index (κ3) is 6.75. The van der Waals surface area contributed by atoms with Gasteiger partial charge in [-0.2, -0.15) is 0 Å². The number of nitrogens with two attached hydrogens (primary N) is 1. The molecule has 0 aromatic heterocycles. The molecule has 132 valence electrons. The molecule has 0 spiro atoms. The first-order valence-electron chi connectivity index (χ1n) is 8.97. The Labute approximate surface area is 142 Å². The Morgan fingerprint density at radius 3 is 2.13 bits per heavy atom. The third-order valence-electron chi connectivity index (χ3n) is 4.91. The number of rotatable bonds is 11. The van der Waals surface area contributed by atoms with Gasteiger partial charge in [0.2, 0.25) is 0 Å². The standard InChI is InChI=1S/C19H35NO2Si/c1-4-5-6-8-17-9-11-18(12-10-17)23(2,3)14-7-13-19(20,15-21)16-22/h9-12,21-22H,4-8,13-16,20H2,1-3H3. The summed E-state index contributed by atoms with van der Waals surface area (Å²) in [5, 5.41) is 20.0. The van der Waals surface area contributed by atoms with E-state index in [1.807, 2.05) is 0 Å². The fraction of sp³-hybridized carbons (Fsp3) is 0.684. The summed E-state index contributed by atoms with van der Waals surface area (Å²) in [6.45, 7) is 6.70. The molecule has 0 atom stereocenters. The van der Waals surface area contributed by atoms with Crippen LogP contribution in [0.3, 0.4) is 0 Å². The van der Waals surface area contributed by atoms with Crippen molar-refractivity contribution in [3.63, 3.8) is 0 Å². The zero-order valence-electron chi connectivity index (χ0n) is 15.1. The monoisotopic (exact) mass is 337 g/mol. The molecule has 0 heterocycles. The third-order valence-corrected chi connectivity index (χ3v) is 8.41. The van der Waals surface area contributed by atoms with Crippen molar-refractivity contribution in [2.24, 2.45) is 5.73 Å². The van der Waals surface area contributed by atoms with Crippen molar-refractivity contribution < 1.29 is 10.2 Å². The molecule has 0 aliphatic carbocycles. The maximum Gasteiger partial charge on any atom is 0.0806 e. The van der Waals surface area contributed by atoms with Gasteiger partial charge >= 0.3 is 0 Å². The smallest absolute Gasteiger partial charge is 0.0806 e. The molecular weight excluding hydrogens is 302 g/mol. The average molecular weight is 338 g/mol. The maximum absolute atomic E-state index is 9.28. The molecule has 0 fully saturated rings. The Morgan fingerprint density at radius 1 is 1.00 bits per heavy atom. The molecule has 0 saturated carbocycles. The van der Waals surface area contributed by atoms with Gasteiger partial charge in [-0.25, -0.2) is 0 Å². The van der Waals surface area contributed by atoms with Crippen molar-refractivity contribution in [1.29, 1.82) is 0 Å². The number of aliphatic hydroxyl groups is 2. The summed E-state index contributed by atoms with van der Waals surface area (Å²) >= 11 is 0. The van der Waals surface area contributed by atoms with Gasteiger partial charge in [0.05, 0.1) is 26.8 Å². The normalized spacial score (nSPS) is 12.6. The van der Waals surface area contributed by atoms with Crippen LogP contribution >= 0.6 is 0 Å². The number of benzene rings is 1. The van der Waals surface area contributed by atoms with Gasteiger partial charge in [-0.05, 0) is 24.8 Å². The molecule has 23 heavy (non-hydrogen) atoms. The second-order valence-corrected chi connectivity index (χ2v) is 12.4. The summed E-state index contributed by atoms with van der Waals surface area (Å²) in [4.78, 5) is 0. The van der Waals surface area contributed by atoms with Crippen LogP contribution in [0.1, 0.15) is 44.6 Å². The fourth-order valence-corrected chi connectivity index (χ4v) is 5.35. The van der Waals surface area contributed by atoms with Crippen molar-refractivity contribution in [2.75, 3.05) is 13.2 Å². The predicted octanol–water partition coefficient (Wildman–Crippen LogP) is 2.80. The van der Waals surface area contributed by atoms with Crippen LogP contribution < -0.4 is 10.9 Å². The average Bonchev–Trinajstić information content (AvgIpc) is 2.55. The molecule has 1 aromatic carbocycles. The molecular formula is C19H35NO2Si. The molecule has 0 unspecified atom stereocenters. The lowest BCUT2D eigenvalue weighted by atomic mass is 9.97. The predicted molar refractivity (Wildman–Crippen MR) is 102 cm³/mol. The van der Waals surface area contributed by atoms with Crippen molar-refractivity contribution in [1.82, 2.24) is 0 Å². The van der Waals surface area contributed by atoms with E-state index in [1.54, 1.807) is 0 Å². The highest BCUT2D eigenvalue weighted by atomic mass is 28.3. The van der Waals surface area contributed by atoms with Crippen LogP contribution in [0.2, 0.25) is 19.1 Å². The van der Waals surface area contributed by atoms with E-state index in [0.29, 0.717) is 6.42 Å². The molecule has 1 rings (SSSR count). The minimum absolute atomic E-state index is 0.155. The van der Waals surface area contributed by atoms with Gasteiger partial charge in [0.25, 0.3) is 0 Å². The number of unbranched alkanes of at least 4 members (excludes halogenated alkanes) is 2. The first kappa shape index (κ1) is 20.4. The van der Waals surface area contributed by atoms with Crippen LogP contribution in [0.4, 0.5) is 0 Å². The van der Waals surface area contributed by atoms with Gasteiger partial charge in [0, 0.05) is 0 Å². The molecule has 0 radical (unpaired) electrons. The molecule has 0 aliphatic heterocycles. The van der Waals surface area contributed by atoms with E-state index in [9.17, 15) is 10.2 Å². The molecule has 1 aromatic rings. The number of hydrogen-bond acceptors (Lipinski definition) is 3. The Balaban J connectivity index is 2.55. The van der Waals surface area contributed by atoms with Crippen LogP contribution in [-0.4, -0.2) is 37.0 Å². The highest BCUT2D eigenvalue weighted by molar-refractivity contribution is 6.89. The van der Waals surface area contributed by atoms with Gasteiger partial charge in [0.1, 0.15) is 0 Å². The zero-order valence-corrected chi connectivity index (χ0v) is 16.1. The van der Waals surface area contributed by atoms with Crippen LogP contribution in [-0.2, 0) is 6.42 Å². The Bertz CT molecular complexity index is 441. The van der Waals surface area contributed by atoms with E-state index in [0.717, 1.165) is 12.5 Å². The first-order valence-corrected chi connectivity index (χ1v) is 12.2. The molecule has 3 nitrogen and oxygen atoms in total. The van der Waals surface area contributed by atoms with E-state index < -0.39 is 13.6 Å². The topological polar surface area (TPSA) is 66.5 Å². The largest absolute Gasteiger partial charge is 0.394 e. The summed E-state index contributed by atoms with van der Waals surface area (Å²) in [6.07, 6.45) is 6.65.